The highest BCUT2D eigenvalue weighted by Crippen LogP contribution is 2.52. The van der Waals surface area contributed by atoms with E-state index >= 15 is 0 Å². The first-order valence-electron chi connectivity index (χ1n) is 10.1. The maximum Gasteiger partial charge on any atom is 0.451 e. The number of hydrogen-bond donors (Lipinski definition) is 2. The van der Waals surface area contributed by atoms with E-state index in [1.807, 2.05) is 0 Å². The molecule has 168 valence electrons. The molecule has 3 saturated heterocycles. The lowest BCUT2D eigenvalue weighted by molar-refractivity contribution is -0.852. The van der Waals surface area contributed by atoms with E-state index in [1.165, 1.54) is 12.1 Å². The molecule has 2 aromatic heterocycles. The molecular formula is C20H19F4N6O2+. The van der Waals surface area contributed by atoms with Crippen LogP contribution in [0, 0.1) is 11.7 Å². The largest absolute Gasteiger partial charge is 0.451 e. The van der Waals surface area contributed by atoms with Gasteiger partial charge in [0.05, 0.1) is 6.20 Å². The van der Waals surface area contributed by atoms with Crippen molar-refractivity contribution in [2.24, 2.45) is 5.92 Å². The summed E-state index contributed by atoms with van der Waals surface area (Å²) in [6.45, 7) is 1.38. The SMILES string of the molecule is O=C(NC12CC(C1)C[N+]1(NC(=O)c3ccc(F)cn3)CC1C2)c1ccnc(C(F)(F)F)n1. The maximum atomic E-state index is 13.1. The summed E-state index contributed by atoms with van der Waals surface area (Å²) in [6.07, 6.45) is -0.893. The first-order chi connectivity index (χ1) is 15.1. The number of quaternary nitrogens is 1. The zero-order chi connectivity index (χ0) is 22.7. The predicted molar refractivity (Wildman–Crippen MR) is 100 cm³/mol. The summed E-state index contributed by atoms with van der Waals surface area (Å²) in [6, 6.07) is 3.71. The Morgan fingerprint density at radius 3 is 2.50 bits per heavy atom. The summed E-state index contributed by atoms with van der Waals surface area (Å²) in [4.78, 5) is 35.6. The molecular weight excluding hydrogens is 432 g/mol. The number of nitrogens with one attached hydrogen (secondary N) is 2. The lowest BCUT2D eigenvalue weighted by atomic mass is 9.66. The third-order valence-corrected chi connectivity index (χ3v) is 6.48. The Labute approximate surface area is 179 Å². The van der Waals surface area contributed by atoms with Gasteiger partial charge in [-0.2, -0.15) is 18.6 Å². The Bertz CT molecular complexity index is 1090. The lowest BCUT2D eigenvalue weighted by Gasteiger charge is -2.45. The van der Waals surface area contributed by atoms with Crippen molar-refractivity contribution in [1.82, 2.24) is 25.7 Å². The molecule has 0 aromatic carbocycles. The molecule has 2 unspecified atom stereocenters. The van der Waals surface area contributed by atoms with Gasteiger partial charge < -0.3 is 5.32 Å². The van der Waals surface area contributed by atoms with Crippen LogP contribution in [0.3, 0.4) is 0 Å². The summed E-state index contributed by atoms with van der Waals surface area (Å²) >= 11 is 0. The molecule has 2 atom stereocenters. The Kier molecular flexibility index (Phi) is 4.49. The van der Waals surface area contributed by atoms with E-state index < -0.39 is 35.2 Å². The third kappa shape index (κ3) is 3.68. The molecule has 12 heteroatoms. The van der Waals surface area contributed by atoms with E-state index in [0.717, 1.165) is 18.5 Å². The number of rotatable bonds is 4. The van der Waals surface area contributed by atoms with Crippen LogP contribution in [-0.2, 0) is 6.18 Å². The molecule has 4 aliphatic rings. The van der Waals surface area contributed by atoms with Crippen molar-refractivity contribution >= 4 is 11.8 Å². The molecule has 1 aliphatic carbocycles. The Balaban J connectivity index is 1.26. The van der Waals surface area contributed by atoms with Crippen LogP contribution in [-0.4, -0.2) is 56.0 Å². The van der Waals surface area contributed by atoms with Crippen LogP contribution < -0.4 is 10.7 Å². The number of hydrogen-bond acceptors (Lipinski definition) is 5. The number of alkyl halides is 3. The highest BCUT2D eigenvalue weighted by atomic mass is 19.4. The summed E-state index contributed by atoms with van der Waals surface area (Å²) in [5, 5.41) is 2.89. The molecule has 2 N–H and O–H groups in total. The van der Waals surface area contributed by atoms with Gasteiger partial charge >= 0.3 is 12.1 Å². The minimum absolute atomic E-state index is 0.0725. The minimum Gasteiger partial charge on any atom is -0.345 e. The molecule has 4 fully saturated rings. The van der Waals surface area contributed by atoms with Crippen LogP contribution in [0.4, 0.5) is 17.6 Å². The third-order valence-electron chi connectivity index (χ3n) is 6.48. The van der Waals surface area contributed by atoms with Crippen LogP contribution in [0.2, 0.25) is 0 Å². The van der Waals surface area contributed by atoms with Crippen LogP contribution in [0.15, 0.2) is 30.6 Å². The minimum atomic E-state index is -4.73. The highest BCUT2D eigenvalue weighted by Gasteiger charge is 2.67. The number of pyridine rings is 1. The fraction of sp³-hybridized carbons (Fsp3) is 0.450. The molecule has 2 bridgehead atoms. The molecule has 1 saturated carbocycles. The van der Waals surface area contributed by atoms with E-state index in [1.54, 1.807) is 0 Å². The van der Waals surface area contributed by atoms with Gasteiger partial charge in [-0.25, -0.2) is 23.9 Å². The number of halogens is 4. The Morgan fingerprint density at radius 2 is 1.81 bits per heavy atom. The smallest absolute Gasteiger partial charge is 0.345 e. The van der Waals surface area contributed by atoms with Gasteiger partial charge in [0, 0.05) is 24.1 Å². The second-order valence-electron chi connectivity index (χ2n) is 8.83. The predicted octanol–water partition coefficient (Wildman–Crippen LogP) is 1.86. The van der Waals surface area contributed by atoms with Crippen molar-refractivity contribution in [2.75, 3.05) is 13.1 Å². The fourth-order valence-corrected chi connectivity index (χ4v) is 5.08. The molecule has 32 heavy (non-hydrogen) atoms. The van der Waals surface area contributed by atoms with Crippen LogP contribution >= 0.6 is 0 Å². The molecule has 3 aliphatic heterocycles. The number of aromatic nitrogens is 3. The zero-order valence-corrected chi connectivity index (χ0v) is 16.7. The molecule has 2 amide bonds. The second-order valence-corrected chi connectivity index (χ2v) is 8.83. The van der Waals surface area contributed by atoms with Crippen molar-refractivity contribution in [1.29, 1.82) is 0 Å². The number of amides is 2. The Morgan fingerprint density at radius 1 is 1.03 bits per heavy atom. The van der Waals surface area contributed by atoms with E-state index in [9.17, 15) is 27.2 Å². The van der Waals surface area contributed by atoms with E-state index in [0.29, 0.717) is 36.9 Å². The summed E-state index contributed by atoms with van der Waals surface area (Å²) in [5.74, 6) is -2.70. The monoisotopic (exact) mass is 451 g/mol. The molecule has 8 nitrogen and oxygen atoms in total. The molecule has 5 heterocycles. The van der Waals surface area contributed by atoms with Crippen LogP contribution in [0.5, 0.6) is 0 Å². The second kappa shape index (κ2) is 6.92. The van der Waals surface area contributed by atoms with E-state index in [2.05, 4.69) is 25.7 Å². The lowest BCUT2D eigenvalue weighted by Crippen LogP contribution is -2.58. The van der Waals surface area contributed by atoms with Crippen molar-refractivity contribution in [3.63, 3.8) is 0 Å². The number of carbonyl (C=O) groups excluding carboxylic acids is 2. The molecule has 0 radical (unpaired) electrons. The first-order valence-corrected chi connectivity index (χ1v) is 10.1. The molecule has 6 rings (SSSR count). The van der Waals surface area contributed by atoms with Gasteiger partial charge in [0.1, 0.15) is 23.7 Å². The summed E-state index contributed by atoms with van der Waals surface area (Å²) in [7, 11) is 0. The average Bonchev–Trinajstić information content (AvgIpc) is 3.40. The van der Waals surface area contributed by atoms with Crippen molar-refractivity contribution in [2.45, 2.75) is 37.0 Å². The van der Waals surface area contributed by atoms with Crippen LogP contribution in [0.25, 0.3) is 0 Å². The van der Waals surface area contributed by atoms with Gasteiger partial charge in [0.25, 0.3) is 5.91 Å². The number of carbonyl (C=O) groups is 2. The Hall–Kier alpha value is -3.15. The van der Waals surface area contributed by atoms with Gasteiger partial charge in [-0.15, -0.1) is 0 Å². The average molecular weight is 451 g/mol. The molecule has 2 aromatic rings. The standard InChI is InChI=1S/C20H18F4N6O2/c21-12-1-2-14(26-8-12)17(32)29-30-9-11-5-19(6-11,7-13(30)10-30)28-16(31)15-3-4-25-18(27-15)20(22,23)24/h1-4,8,11,13H,5-7,9-10H2,(H-,28,29,31,32)/p+1. The topological polar surface area (TPSA) is 96.9 Å². The summed E-state index contributed by atoms with van der Waals surface area (Å²) < 4.78 is 52.0. The van der Waals surface area contributed by atoms with E-state index in [4.69, 9.17) is 0 Å². The van der Waals surface area contributed by atoms with Gasteiger partial charge in [-0.1, -0.05) is 0 Å². The zero-order valence-electron chi connectivity index (χ0n) is 16.7. The number of nitrogens with zero attached hydrogens (tertiary/aromatic N) is 4. The molecule has 0 spiro atoms. The van der Waals surface area contributed by atoms with Gasteiger partial charge in [0.2, 0.25) is 5.82 Å². The van der Waals surface area contributed by atoms with Gasteiger partial charge in [-0.05, 0) is 31.0 Å². The van der Waals surface area contributed by atoms with E-state index in [-0.39, 0.29) is 23.3 Å². The fourth-order valence-electron chi connectivity index (χ4n) is 5.08. The van der Waals surface area contributed by atoms with Crippen molar-refractivity contribution < 1.29 is 31.7 Å². The van der Waals surface area contributed by atoms with Crippen LogP contribution in [0.1, 0.15) is 46.1 Å². The maximum absolute atomic E-state index is 13.1. The quantitative estimate of drug-likeness (QED) is 0.420. The summed E-state index contributed by atoms with van der Waals surface area (Å²) in [5.41, 5.74) is 2.23. The first kappa shape index (κ1) is 20.7. The van der Waals surface area contributed by atoms with Crippen molar-refractivity contribution in [3.8, 4) is 0 Å². The van der Waals surface area contributed by atoms with Crippen molar-refractivity contribution in [3.05, 3.63) is 53.6 Å². The van der Waals surface area contributed by atoms with Gasteiger partial charge in [0.15, 0.2) is 12.6 Å². The normalized spacial score (nSPS) is 30.4. The highest BCUT2D eigenvalue weighted by molar-refractivity contribution is 5.93. The van der Waals surface area contributed by atoms with Gasteiger partial charge in [-0.3, -0.25) is 9.59 Å².